The van der Waals surface area contributed by atoms with Crippen molar-refractivity contribution in [3.8, 4) is 5.75 Å². The maximum atomic E-state index is 12.6. The van der Waals surface area contributed by atoms with Crippen LogP contribution in [0.1, 0.15) is 42.6 Å². The summed E-state index contributed by atoms with van der Waals surface area (Å²) in [5, 5.41) is 5.53. The fourth-order valence-electron chi connectivity index (χ4n) is 2.54. The van der Waals surface area contributed by atoms with Gasteiger partial charge >= 0.3 is 0 Å². The SMILES string of the molecule is CCCCOCc1cc(C(=O)Nc2cccc(NC(C)=O)c2)ccc1OC. The molecule has 0 aromatic heterocycles. The largest absolute Gasteiger partial charge is 0.496 e. The van der Waals surface area contributed by atoms with E-state index in [1.54, 1.807) is 49.6 Å². The summed E-state index contributed by atoms with van der Waals surface area (Å²) >= 11 is 0. The molecule has 0 unspecified atom stereocenters. The number of carbonyl (C=O) groups excluding carboxylic acids is 2. The van der Waals surface area contributed by atoms with Crippen molar-refractivity contribution in [1.82, 2.24) is 0 Å². The maximum Gasteiger partial charge on any atom is 0.255 e. The van der Waals surface area contributed by atoms with Crippen LogP contribution in [-0.4, -0.2) is 25.5 Å². The van der Waals surface area contributed by atoms with Gasteiger partial charge in [-0.15, -0.1) is 0 Å². The van der Waals surface area contributed by atoms with E-state index in [1.807, 2.05) is 0 Å². The molecule has 2 aromatic rings. The van der Waals surface area contributed by atoms with Gasteiger partial charge in [0.2, 0.25) is 5.91 Å². The lowest BCUT2D eigenvalue weighted by Gasteiger charge is -2.12. The molecule has 0 aliphatic rings. The Kier molecular flexibility index (Phi) is 7.82. The monoisotopic (exact) mass is 370 g/mol. The molecule has 2 aromatic carbocycles. The Morgan fingerprint density at radius 1 is 1.04 bits per heavy atom. The van der Waals surface area contributed by atoms with Gasteiger partial charge in [-0.1, -0.05) is 19.4 Å². The fourth-order valence-corrected chi connectivity index (χ4v) is 2.54. The molecule has 2 N–H and O–H groups in total. The second-order valence-electron chi connectivity index (χ2n) is 6.15. The average molecular weight is 370 g/mol. The highest BCUT2D eigenvalue weighted by Gasteiger charge is 2.11. The molecule has 0 heterocycles. The van der Waals surface area contributed by atoms with Crippen molar-refractivity contribution in [2.24, 2.45) is 0 Å². The maximum absolute atomic E-state index is 12.6. The molecule has 0 saturated carbocycles. The zero-order valence-corrected chi connectivity index (χ0v) is 16.0. The van der Waals surface area contributed by atoms with E-state index >= 15 is 0 Å². The number of anilines is 2. The van der Waals surface area contributed by atoms with Crippen LogP contribution in [0.4, 0.5) is 11.4 Å². The Labute approximate surface area is 159 Å². The van der Waals surface area contributed by atoms with Gasteiger partial charge in [-0.2, -0.15) is 0 Å². The van der Waals surface area contributed by atoms with Crippen LogP contribution < -0.4 is 15.4 Å². The number of hydrogen-bond donors (Lipinski definition) is 2. The van der Waals surface area contributed by atoms with Crippen molar-refractivity contribution in [1.29, 1.82) is 0 Å². The van der Waals surface area contributed by atoms with Crippen molar-refractivity contribution in [3.63, 3.8) is 0 Å². The summed E-state index contributed by atoms with van der Waals surface area (Å²) in [7, 11) is 1.60. The van der Waals surface area contributed by atoms with E-state index in [-0.39, 0.29) is 11.8 Å². The molecule has 6 nitrogen and oxygen atoms in total. The molecule has 6 heteroatoms. The lowest BCUT2D eigenvalue weighted by Crippen LogP contribution is -2.13. The number of carbonyl (C=O) groups is 2. The van der Waals surface area contributed by atoms with Gasteiger partial charge in [0.15, 0.2) is 0 Å². The minimum absolute atomic E-state index is 0.165. The van der Waals surface area contributed by atoms with Crippen molar-refractivity contribution < 1.29 is 19.1 Å². The Bertz CT molecular complexity index is 790. The topological polar surface area (TPSA) is 76.7 Å². The van der Waals surface area contributed by atoms with Crippen LogP contribution in [0.3, 0.4) is 0 Å². The van der Waals surface area contributed by atoms with Crippen LogP contribution in [0.15, 0.2) is 42.5 Å². The van der Waals surface area contributed by atoms with E-state index in [1.165, 1.54) is 6.92 Å². The molecule has 144 valence electrons. The fraction of sp³-hybridized carbons (Fsp3) is 0.333. The first-order valence-corrected chi connectivity index (χ1v) is 8.97. The minimum atomic E-state index is -0.243. The van der Waals surface area contributed by atoms with Crippen LogP contribution in [0.25, 0.3) is 0 Å². The first kappa shape index (κ1) is 20.5. The van der Waals surface area contributed by atoms with Crippen LogP contribution in [0, 0.1) is 0 Å². The standard InChI is InChI=1S/C21H26N2O4/c1-4-5-11-27-14-17-12-16(9-10-20(17)26-3)21(25)23-19-8-6-7-18(13-19)22-15(2)24/h6-10,12-13H,4-5,11,14H2,1-3H3,(H,22,24)(H,23,25). The van der Waals surface area contributed by atoms with Gasteiger partial charge in [0.25, 0.3) is 5.91 Å². The second kappa shape index (κ2) is 10.3. The number of unbranched alkanes of at least 4 members (excludes halogenated alkanes) is 1. The Morgan fingerprint density at radius 3 is 2.44 bits per heavy atom. The highest BCUT2D eigenvalue weighted by molar-refractivity contribution is 6.04. The zero-order chi connectivity index (χ0) is 19.6. The van der Waals surface area contributed by atoms with Crippen molar-refractivity contribution >= 4 is 23.2 Å². The molecule has 2 rings (SSSR count). The molecular formula is C21H26N2O4. The molecule has 2 amide bonds. The summed E-state index contributed by atoms with van der Waals surface area (Å²) in [5.41, 5.74) is 2.56. The molecule has 0 radical (unpaired) electrons. The summed E-state index contributed by atoms with van der Waals surface area (Å²) in [6, 6.07) is 12.2. The molecule has 0 saturated heterocycles. The van der Waals surface area contributed by atoms with Crippen molar-refractivity contribution in [2.75, 3.05) is 24.4 Å². The molecule has 0 aliphatic carbocycles. The van der Waals surface area contributed by atoms with Gasteiger partial charge in [0.05, 0.1) is 13.7 Å². The van der Waals surface area contributed by atoms with Crippen LogP contribution in [0.5, 0.6) is 5.75 Å². The minimum Gasteiger partial charge on any atom is -0.496 e. The number of methoxy groups -OCH3 is 1. The molecule has 0 bridgehead atoms. The molecule has 0 atom stereocenters. The Morgan fingerprint density at radius 2 is 1.78 bits per heavy atom. The van der Waals surface area contributed by atoms with Crippen LogP contribution in [-0.2, 0) is 16.1 Å². The third-order valence-electron chi connectivity index (χ3n) is 3.88. The lowest BCUT2D eigenvalue weighted by atomic mass is 10.1. The number of benzene rings is 2. The molecule has 0 aliphatic heterocycles. The molecule has 27 heavy (non-hydrogen) atoms. The summed E-state index contributed by atoms with van der Waals surface area (Å²) in [6.45, 7) is 4.61. The summed E-state index contributed by atoms with van der Waals surface area (Å²) in [5.74, 6) is 0.282. The van der Waals surface area contributed by atoms with Gasteiger partial charge in [-0.05, 0) is 42.8 Å². The smallest absolute Gasteiger partial charge is 0.255 e. The summed E-state index contributed by atoms with van der Waals surface area (Å²) < 4.78 is 11.0. The van der Waals surface area contributed by atoms with E-state index in [0.717, 1.165) is 18.4 Å². The summed E-state index contributed by atoms with van der Waals surface area (Å²) in [6.07, 6.45) is 2.06. The van der Waals surface area contributed by atoms with E-state index in [0.29, 0.717) is 35.9 Å². The van der Waals surface area contributed by atoms with Crippen LogP contribution >= 0.6 is 0 Å². The Balaban J connectivity index is 2.10. The first-order valence-electron chi connectivity index (χ1n) is 8.97. The van der Waals surface area contributed by atoms with Gasteiger partial charge in [-0.25, -0.2) is 0 Å². The normalized spacial score (nSPS) is 10.3. The zero-order valence-electron chi connectivity index (χ0n) is 16.0. The van der Waals surface area contributed by atoms with Gasteiger partial charge < -0.3 is 20.1 Å². The number of nitrogens with one attached hydrogen (secondary N) is 2. The van der Waals surface area contributed by atoms with E-state index in [9.17, 15) is 9.59 Å². The van der Waals surface area contributed by atoms with Gasteiger partial charge in [0, 0.05) is 36.0 Å². The number of ether oxygens (including phenoxy) is 2. The van der Waals surface area contributed by atoms with Gasteiger partial charge in [0.1, 0.15) is 5.75 Å². The predicted molar refractivity (Wildman–Crippen MR) is 106 cm³/mol. The van der Waals surface area contributed by atoms with E-state index in [2.05, 4.69) is 17.6 Å². The number of hydrogen-bond acceptors (Lipinski definition) is 4. The second-order valence-corrected chi connectivity index (χ2v) is 6.15. The lowest BCUT2D eigenvalue weighted by molar-refractivity contribution is -0.114. The van der Waals surface area contributed by atoms with Crippen molar-refractivity contribution in [2.45, 2.75) is 33.3 Å². The predicted octanol–water partition coefficient (Wildman–Crippen LogP) is 4.22. The third-order valence-corrected chi connectivity index (χ3v) is 3.88. The molecule has 0 fully saturated rings. The summed E-state index contributed by atoms with van der Waals surface area (Å²) in [4.78, 5) is 23.8. The Hall–Kier alpha value is -2.86. The third kappa shape index (κ3) is 6.42. The van der Waals surface area contributed by atoms with Gasteiger partial charge in [-0.3, -0.25) is 9.59 Å². The molecular weight excluding hydrogens is 344 g/mol. The van der Waals surface area contributed by atoms with E-state index in [4.69, 9.17) is 9.47 Å². The molecule has 0 spiro atoms. The number of amides is 2. The highest BCUT2D eigenvalue weighted by Crippen LogP contribution is 2.22. The highest BCUT2D eigenvalue weighted by atomic mass is 16.5. The first-order chi connectivity index (χ1) is 13.0. The van der Waals surface area contributed by atoms with E-state index < -0.39 is 0 Å². The number of rotatable bonds is 9. The quantitative estimate of drug-likeness (QED) is 0.648. The van der Waals surface area contributed by atoms with Crippen molar-refractivity contribution in [3.05, 3.63) is 53.6 Å². The van der Waals surface area contributed by atoms with Crippen LogP contribution in [0.2, 0.25) is 0 Å². The average Bonchev–Trinajstić information content (AvgIpc) is 2.65.